The van der Waals surface area contributed by atoms with Crippen LogP contribution in [0.1, 0.15) is 17.9 Å². The van der Waals surface area contributed by atoms with Gasteiger partial charge in [-0.3, -0.25) is 4.79 Å². The van der Waals surface area contributed by atoms with Crippen LogP contribution < -0.4 is 15.0 Å². The number of pyridine rings is 1. The molecule has 2 aromatic heterocycles. The van der Waals surface area contributed by atoms with Crippen molar-refractivity contribution in [3.63, 3.8) is 0 Å². The van der Waals surface area contributed by atoms with Crippen molar-refractivity contribution in [1.29, 1.82) is 0 Å². The van der Waals surface area contributed by atoms with Crippen molar-refractivity contribution in [3.05, 3.63) is 58.3 Å². The molecule has 0 saturated heterocycles. The molecule has 142 valence electrons. The molecule has 7 nitrogen and oxygen atoms in total. The maximum atomic E-state index is 12.5. The lowest BCUT2D eigenvalue weighted by Crippen LogP contribution is -2.19. The number of nitrogens with zero attached hydrogens (tertiary/aromatic N) is 3. The first-order valence-electron chi connectivity index (χ1n) is 8.04. The van der Waals surface area contributed by atoms with Gasteiger partial charge in [0.15, 0.2) is 0 Å². The molecule has 0 fully saturated rings. The van der Waals surface area contributed by atoms with Crippen LogP contribution in [0, 0.1) is 0 Å². The Kier molecular flexibility index (Phi) is 5.49. The lowest BCUT2D eigenvalue weighted by Gasteiger charge is -2.10. The number of benzene rings is 1. The minimum atomic E-state index is -2.86. The van der Waals surface area contributed by atoms with Gasteiger partial charge in [-0.15, -0.1) is 10.2 Å². The molecule has 27 heavy (non-hydrogen) atoms. The lowest BCUT2D eigenvalue weighted by molar-refractivity contribution is 0.116. The normalized spacial score (nSPS) is 11.0. The summed E-state index contributed by atoms with van der Waals surface area (Å²) in [5.41, 5.74) is 0.929. The number of hydrogen-bond donors (Lipinski definition) is 0. The Morgan fingerprint density at radius 1 is 1.11 bits per heavy atom. The molecular formula is C18H17F2N3O4. The highest BCUT2D eigenvalue weighted by Crippen LogP contribution is 2.24. The quantitative estimate of drug-likeness (QED) is 0.630. The molecule has 0 spiro atoms. The van der Waals surface area contributed by atoms with Crippen molar-refractivity contribution < 1.29 is 22.7 Å². The van der Waals surface area contributed by atoms with E-state index < -0.39 is 12.3 Å². The topological polar surface area (TPSA) is 79.4 Å². The van der Waals surface area contributed by atoms with Crippen molar-refractivity contribution in [2.75, 3.05) is 14.2 Å². The zero-order chi connectivity index (χ0) is 19.4. The first kappa shape index (κ1) is 18.6. The molecule has 0 radical (unpaired) electrons. The summed E-state index contributed by atoms with van der Waals surface area (Å²) in [6.07, 6.45) is -0.726. The fourth-order valence-corrected chi connectivity index (χ4v) is 2.53. The third kappa shape index (κ3) is 4.30. The third-order valence-corrected chi connectivity index (χ3v) is 3.92. The van der Waals surface area contributed by atoms with Gasteiger partial charge in [0.2, 0.25) is 5.89 Å². The standard InChI is InChI=1S/C18H17F2N3O4/c1-25-13-7-11(8-14(10-13)26-2)3-5-23-6-4-12(9-15(23)24)17-21-22-18(27-17)16(19)20/h4,6-10,16H,3,5H2,1-2H3. The van der Waals surface area contributed by atoms with Crippen LogP contribution in [0.2, 0.25) is 0 Å². The van der Waals surface area contributed by atoms with Gasteiger partial charge in [0.25, 0.3) is 11.4 Å². The van der Waals surface area contributed by atoms with Crippen molar-refractivity contribution in [1.82, 2.24) is 14.8 Å². The average molecular weight is 377 g/mol. The SMILES string of the molecule is COc1cc(CCn2ccc(-c3nnc(C(F)F)o3)cc2=O)cc(OC)c1. The largest absolute Gasteiger partial charge is 0.497 e. The van der Waals surface area contributed by atoms with Gasteiger partial charge in [-0.25, -0.2) is 0 Å². The van der Waals surface area contributed by atoms with Crippen LogP contribution in [0.5, 0.6) is 11.5 Å². The van der Waals surface area contributed by atoms with Crippen LogP contribution in [0.3, 0.4) is 0 Å². The van der Waals surface area contributed by atoms with Crippen LogP contribution in [0.15, 0.2) is 45.7 Å². The number of methoxy groups -OCH3 is 2. The lowest BCUT2D eigenvalue weighted by atomic mass is 10.1. The Morgan fingerprint density at radius 2 is 1.81 bits per heavy atom. The van der Waals surface area contributed by atoms with E-state index in [1.165, 1.54) is 10.6 Å². The predicted molar refractivity (Wildman–Crippen MR) is 92.2 cm³/mol. The highest BCUT2D eigenvalue weighted by atomic mass is 19.3. The minimum Gasteiger partial charge on any atom is -0.497 e. The fourth-order valence-electron chi connectivity index (χ4n) is 2.53. The van der Waals surface area contributed by atoms with Gasteiger partial charge >= 0.3 is 6.43 Å². The smallest absolute Gasteiger partial charge is 0.314 e. The first-order valence-corrected chi connectivity index (χ1v) is 8.04. The summed E-state index contributed by atoms with van der Waals surface area (Å²) in [6, 6.07) is 8.34. The van der Waals surface area contributed by atoms with E-state index in [0.717, 1.165) is 5.56 Å². The second-order valence-electron chi connectivity index (χ2n) is 5.66. The van der Waals surface area contributed by atoms with Gasteiger partial charge in [-0.2, -0.15) is 8.78 Å². The van der Waals surface area contributed by atoms with E-state index in [1.54, 1.807) is 32.5 Å². The molecule has 0 bridgehead atoms. The van der Waals surface area contributed by atoms with Gasteiger partial charge in [0, 0.05) is 30.4 Å². The summed E-state index contributed by atoms with van der Waals surface area (Å²) in [5, 5.41) is 6.79. The summed E-state index contributed by atoms with van der Waals surface area (Å²) in [6.45, 7) is 0.418. The molecule has 3 aromatic rings. The number of alkyl halides is 2. The van der Waals surface area contributed by atoms with E-state index in [4.69, 9.17) is 13.9 Å². The zero-order valence-electron chi connectivity index (χ0n) is 14.7. The van der Waals surface area contributed by atoms with Crippen LogP contribution in [0.25, 0.3) is 11.5 Å². The van der Waals surface area contributed by atoms with Gasteiger partial charge in [-0.05, 0) is 30.2 Å². The molecule has 2 heterocycles. The maximum Gasteiger partial charge on any atom is 0.314 e. The number of aryl methyl sites for hydroxylation is 2. The second kappa shape index (κ2) is 7.98. The molecule has 0 saturated carbocycles. The van der Waals surface area contributed by atoms with Crippen LogP contribution in [0.4, 0.5) is 8.78 Å². The molecule has 9 heteroatoms. The van der Waals surface area contributed by atoms with E-state index in [2.05, 4.69) is 10.2 Å². The maximum absolute atomic E-state index is 12.5. The first-order chi connectivity index (χ1) is 13.0. The van der Waals surface area contributed by atoms with Crippen molar-refractivity contribution >= 4 is 0 Å². The van der Waals surface area contributed by atoms with Crippen LogP contribution >= 0.6 is 0 Å². The number of rotatable bonds is 7. The van der Waals surface area contributed by atoms with E-state index >= 15 is 0 Å². The summed E-state index contributed by atoms with van der Waals surface area (Å²) < 4.78 is 41.9. The highest BCUT2D eigenvalue weighted by molar-refractivity contribution is 5.51. The molecule has 0 aliphatic rings. The third-order valence-electron chi connectivity index (χ3n) is 3.92. The molecule has 1 aromatic carbocycles. The zero-order valence-corrected chi connectivity index (χ0v) is 14.7. The summed E-state index contributed by atoms with van der Waals surface area (Å²) in [4.78, 5) is 12.3. The van der Waals surface area contributed by atoms with Gasteiger partial charge in [-0.1, -0.05) is 0 Å². The molecule has 3 rings (SSSR count). The molecule has 0 amide bonds. The summed E-state index contributed by atoms with van der Waals surface area (Å²) in [5.74, 6) is 0.435. The van der Waals surface area contributed by atoms with Gasteiger partial charge in [0.1, 0.15) is 11.5 Å². The van der Waals surface area contributed by atoms with E-state index in [9.17, 15) is 13.6 Å². The second-order valence-corrected chi connectivity index (χ2v) is 5.66. The van der Waals surface area contributed by atoms with Crippen LogP contribution in [-0.4, -0.2) is 29.0 Å². The Balaban J connectivity index is 1.76. The Morgan fingerprint density at radius 3 is 2.37 bits per heavy atom. The Labute approximate surface area is 153 Å². The fraction of sp³-hybridized carbons (Fsp3) is 0.278. The Bertz CT molecular complexity index is 962. The predicted octanol–water partition coefficient (Wildman–Crippen LogP) is 3.10. The van der Waals surface area contributed by atoms with E-state index in [1.807, 2.05) is 12.1 Å². The molecular weight excluding hydrogens is 360 g/mol. The number of hydrogen-bond acceptors (Lipinski definition) is 6. The number of aromatic nitrogens is 3. The number of halogens is 2. The highest BCUT2D eigenvalue weighted by Gasteiger charge is 2.17. The molecule has 0 atom stereocenters. The summed E-state index contributed by atoms with van der Waals surface area (Å²) >= 11 is 0. The van der Waals surface area contributed by atoms with Crippen LogP contribution in [-0.2, 0) is 13.0 Å². The van der Waals surface area contributed by atoms with E-state index in [-0.39, 0.29) is 11.4 Å². The Hall–Kier alpha value is -3.23. The van der Waals surface area contributed by atoms with Crippen molar-refractivity contribution in [2.45, 2.75) is 19.4 Å². The minimum absolute atomic E-state index is 0.118. The molecule has 0 unspecified atom stereocenters. The average Bonchev–Trinajstić information content (AvgIpc) is 3.17. The molecule has 0 N–H and O–H groups in total. The molecule has 0 aliphatic heterocycles. The van der Waals surface area contributed by atoms with Crippen molar-refractivity contribution in [2.24, 2.45) is 0 Å². The number of ether oxygens (including phenoxy) is 2. The molecule has 0 aliphatic carbocycles. The van der Waals surface area contributed by atoms with E-state index in [0.29, 0.717) is 30.0 Å². The monoisotopic (exact) mass is 377 g/mol. The van der Waals surface area contributed by atoms with Gasteiger partial charge < -0.3 is 18.5 Å². The summed E-state index contributed by atoms with van der Waals surface area (Å²) in [7, 11) is 3.14. The van der Waals surface area contributed by atoms with Gasteiger partial charge in [0.05, 0.1) is 14.2 Å². The van der Waals surface area contributed by atoms with Crippen molar-refractivity contribution in [3.8, 4) is 23.0 Å².